The number of rotatable bonds is 6. The van der Waals surface area contributed by atoms with Gasteiger partial charge in [-0.05, 0) is 18.2 Å². The molecule has 0 bridgehead atoms. The number of fused-ring (bicyclic) bond motifs is 1. The SMILES string of the molecule is COc1cc(Nc2ncnc(-c3c(O)[nH]c4ccc(Cl)cc34)n2)cc(OC)c1OC. The second-order valence-electron chi connectivity index (χ2n) is 6.21. The Morgan fingerprint density at radius 2 is 1.73 bits per heavy atom. The van der Waals surface area contributed by atoms with E-state index in [9.17, 15) is 5.11 Å². The highest BCUT2D eigenvalue weighted by molar-refractivity contribution is 6.31. The zero-order valence-corrected chi connectivity index (χ0v) is 17.1. The molecular weight excluding hydrogens is 410 g/mol. The topological polar surface area (TPSA) is 114 Å². The first-order chi connectivity index (χ1) is 14.5. The Hall–Kier alpha value is -3.72. The number of ether oxygens (including phenoxy) is 3. The summed E-state index contributed by atoms with van der Waals surface area (Å²) in [5.41, 5.74) is 1.77. The molecule has 0 saturated heterocycles. The minimum atomic E-state index is -0.0581. The number of hydrogen-bond acceptors (Lipinski definition) is 8. The van der Waals surface area contributed by atoms with Gasteiger partial charge < -0.3 is 29.6 Å². The lowest BCUT2D eigenvalue weighted by Gasteiger charge is -2.14. The monoisotopic (exact) mass is 427 g/mol. The molecule has 0 aliphatic heterocycles. The molecule has 0 aliphatic rings. The van der Waals surface area contributed by atoms with E-state index in [1.165, 1.54) is 27.7 Å². The predicted molar refractivity (Wildman–Crippen MR) is 113 cm³/mol. The van der Waals surface area contributed by atoms with Crippen molar-refractivity contribution in [3.63, 3.8) is 0 Å². The quantitative estimate of drug-likeness (QED) is 0.420. The molecule has 9 nitrogen and oxygen atoms in total. The van der Waals surface area contributed by atoms with Crippen LogP contribution in [-0.4, -0.2) is 46.4 Å². The lowest BCUT2D eigenvalue weighted by Crippen LogP contribution is -2.02. The van der Waals surface area contributed by atoms with Crippen LogP contribution >= 0.6 is 11.6 Å². The average Bonchev–Trinajstić information content (AvgIpc) is 3.08. The fourth-order valence-corrected chi connectivity index (χ4v) is 3.31. The number of halogens is 1. The summed E-state index contributed by atoms with van der Waals surface area (Å²) in [7, 11) is 4.60. The Kier molecular flexibility index (Phi) is 5.20. The van der Waals surface area contributed by atoms with Gasteiger partial charge in [0, 0.05) is 33.7 Å². The Morgan fingerprint density at radius 3 is 2.40 bits per heavy atom. The van der Waals surface area contributed by atoms with Gasteiger partial charge in [-0.1, -0.05) is 11.6 Å². The van der Waals surface area contributed by atoms with E-state index < -0.39 is 0 Å². The number of aromatic amines is 1. The third-order valence-electron chi connectivity index (χ3n) is 4.46. The number of aromatic hydroxyl groups is 1. The maximum absolute atomic E-state index is 10.4. The maximum Gasteiger partial charge on any atom is 0.230 e. The zero-order valence-electron chi connectivity index (χ0n) is 16.4. The van der Waals surface area contributed by atoms with Gasteiger partial charge in [0.15, 0.2) is 17.3 Å². The van der Waals surface area contributed by atoms with E-state index in [0.29, 0.717) is 44.4 Å². The molecule has 0 unspecified atom stereocenters. The number of nitrogens with zero attached hydrogens (tertiary/aromatic N) is 3. The molecule has 4 rings (SSSR count). The molecule has 154 valence electrons. The van der Waals surface area contributed by atoms with Gasteiger partial charge >= 0.3 is 0 Å². The molecule has 0 fully saturated rings. The summed E-state index contributed by atoms with van der Waals surface area (Å²) < 4.78 is 16.1. The molecule has 0 spiro atoms. The van der Waals surface area contributed by atoms with Crippen LogP contribution in [0.5, 0.6) is 23.1 Å². The summed E-state index contributed by atoms with van der Waals surface area (Å²) in [6.45, 7) is 0. The van der Waals surface area contributed by atoms with Crippen molar-refractivity contribution in [3.05, 3.63) is 41.7 Å². The van der Waals surface area contributed by atoms with Crippen molar-refractivity contribution >= 4 is 34.1 Å². The molecule has 4 aromatic rings. The molecule has 2 aromatic carbocycles. The van der Waals surface area contributed by atoms with Gasteiger partial charge in [0.1, 0.15) is 6.33 Å². The molecule has 10 heteroatoms. The predicted octanol–water partition coefficient (Wildman–Crippen LogP) is 4.15. The smallest absolute Gasteiger partial charge is 0.230 e. The lowest BCUT2D eigenvalue weighted by molar-refractivity contribution is 0.324. The van der Waals surface area contributed by atoms with Crippen molar-refractivity contribution in [1.29, 1.82) is 0 Å². The van der Waals surface area contributed by atoms with Crippen LogP contribution in [0.15, 0.2) is 36.7 Å². The van der Waals surface area contributed by atoms with Crippen LogP contribution in [0, 0.1) is 0 Å². The Bertz CT molecular complexity index is 1200. The number of benzene rings is 2. The number of methoxy groups -OCH3 is 3. The van der Waals surface area contributed by atoms with Crippen molar-refractivity contribution in [2.75, 3.05) is 26.6 Å². The molecule has 0 aliphatic carbocycles. The summed E-state index contributed by atoms with van der Waals surface area (Å²) >= 11 is 6.11. The van der Waals surface area contributed by atoms with Crippen molar-refractivity contribution in [2.24, 2.45) is 0 Å². The molecule has 0 radical (unpaired) electrons. The van der Waals surface area contributed by atoms with Crippen LogP contribution in [-0.2, 0) is 0 Å². The van der Waals surface area contributed by atoms with E-state index in [-0.39, 0.29) is 17.7 Å². The van der Waals surface area contributed by atoms with Crippen molar-refractivity contribution < 1.29 is 19.3 Å². The first-order valence-corrected chi connectivity index (χ1v) is 9.18. The first-order valence-electron chi connectivity index (χ1n) is 8.80. The van der Waals surface area contributed by atoms with Crippen LogP contribution < -0.4 is 19.5 Å². The van der Waals surface area contributed by atoms with Crippen molar-refractivity contribution in [3.8, 4) is 34.5 Å². The first kappa shape index (κ1) is 19.6. The van der Waals surface area contributed by atoms with E-state index in [1.807, 2.05) is 0 Å². The highest BCUT2D eigenvalue weighted by atomic mass is 35.5. The molecule has 0 saturated carbocycles. The van der Waals surface area contributed by atoms with E-state index in [4.69, 9.17) is 25.8 Å². The molecular formula is C20H18ClN5O4. The molecule has 2 heterocycles. The van der Waals surface area contributed by atoms with E-state index in [2.05, 4.69) is 25.3 Å². The van der Waals surface area contributed by atoms with Gasteiger partial charge in [0.05, 0.1) is 26.9 Å². The summed E-state index contributed by atoms with van der Waals surface area (Å²) in [6.07, 6.45) is 1.35. The normalized spacial score (nSPS) is 10.8. The molecule has 30 heavy (non-hydrogen) atoms. The average molecular weight is 428 g/mol. The highest BCUT2D eigenvalue weighted by Gasteiger charge is 2.18. The van der Waals surface area contributed by atoms with Crippen LogP contribution in [0.1, 0.15) is 0 Å². The summed E-state index contributed by atoms with van der Waals surface area (Å²) in [5.74, 6) is 1.94. The fourth-order valence-electron chi connectivity index (χ4n) is 3.14. The van der Waals surface area contributed by atoms with Gasteiger partial charge in [-0.2, -0.15) is 4.98 Å². The summed E-state index contributed by atoms with van der Waals surface area (Å²) in [5, 5.41) is 14.7. The largest absolute Gasteiger partial charge is 0.494 e. The second kappa shape index (κ2) is 7.96. The lowest BCUT2D eigenvalue weighted by atomic mass is 10.1. The number of nitrogens with one attached hydrogen (secondary N) is 2. The molecule has 2 aromatic heterocycles. The minimum absolute atomic E-state index is 0.0581. The van der Waals surface area contributed by atoms with Gasteiger partial charge in [0.2, 0.25) is 17.6 Å². The van der Waals surface area contributed by atoms with E-state index in [0.717, 1.165) is 0 Å². The number of H-pyrrole nitrogens is 1. The summed E-state index contributed by atoms with van der Waals surface area (Å²) in [4.78, 5) is 15.7. The molecule has 3 N–H and O–H groups in total. The second-order valence-corrected chi connectivity index (χ2v) is 6.65. The Morgan fingerprint density at radius 1 is 1.00 bits per heavy atom. The number of hydrogen-bond donors (Lipinski definition) is 3. The highest BCUT2D eigenvalue weighted by Crippen LogP contribution is 2.41. The van der Waals surface area contributed by atoms with E-state index in [1.54, 1.807) is 30.3 Å². The van der Waals surface area contributed by atoms with Gasteiger partial charge in [-0.25, -0.2) is 9.97 Å². The zero-order chi connectivity index (χ0) is 21.3. The minimum Gasteiger partial charge on any atom is -0.494 e. The van der Waals surface area contributed by atoms with Gasteiger partial charge in [-0.15, -0.1) is 0 Å². The maximum atomic E-state index is 10.4. The number of anilines is 2. The van der Waals surface area contributed by atoms with Gasteiger partial charge in [-0.3, -0.25) is 0 Å². The molecule has 0 atom stereocenters. The standard InChI is InChI=1S/C20H18ClN5O4/c1-28-14-7-11(8-15(29-2)17(14)30-3)24-20-23-9-22-18(26-20)16-12-6-10(21)4-5-13(12)25-19(16)27/h4-9,25,27H,1-3H3,(H,22,23,24,26). The van der Waals surface area contributed by atoms with Crippen LogP contribution in [0.25, 0.3) is 22.3 Å². The third-order valence-corrected chi connectivity index (χ3v) is 4.69. The van der Waals surface area contributed by atoms with E-state index >= 15 is 0 Å². The Labute approximate surface area is 176 Å². The fraction of sp³-hybridized carbons (Fsp3) is 0.150. The van der Waals surface area contributed by atoms with Crippen LogP contribution in [0.3, 0.4) is 0 Å². The molecule has 0 amide bonds. The third kappa shape index (κ3) is 3.50. The van der Waals surface area contributed by atoms with Gasteiger partial charge in [0.25, 0.3) is 0 Å². The van der Waals surface area contributed by atoms with Crippen LogP contribution in [0.4, 0.5) is 11.6 Å². The van der Waals surface area contributed by atoms with Crippen LogP contribution in [0.2, 0.25) is 5.02 Å². The summed E-state index contributed by atoms with van der Waals surface area (Å²) in [6, 6.07) is 8.70. The number of aromatic nitrogens is 4. The van der Waals surface area contributed by atoms with Crippen molar-refractivity contribution in [1.82, 2.24) is 19.9 Å². The Balaban J connectivity index is 1.74. The van der Waals surface area contributed by atoms with Crippen molar-refractivity contribution in [2.45, 2.75) is 0 Å².